The van der Waals surface area contributed by atoms with Gasteiger partial charge in [0.15, 0.2) is 0 Å². The molecule has 1 atom stereocenters. The third kappa shape index (κ3) is 1.40. The number of nitrogens with one attached hydrogen (secondary N) is 2. The Morgan fingerprint density at radius 1 is 1.31 bits per heavy atom. The Bertz CT molecular complexity index is 428. The van der Waals surface area contributed by atoms with E-state index in [0.29, 0.717) is 10.6 Å². The van der Waals surface area contributed by atoms with Crippen LogP contribution in [0, 0.1) is 0 Å². The number of hydrogen-bond donors (Lipinski definition) is 2. The molecular formula is C8H10N2O2S. The molecule has 0 spiro atoms. The Morgan fingerprint density at radius 2 is 2.00 bits per heavy atom. The summed E-state index contributed by atoms with van der Waals surface area (Å²) in [6.45, 7) is 1.76. The van der Waals surface area contributed by atoms with E-state index in [2.05, 4.69) is 10.0 Å². The summed E-state index contributed by atoms with van der Waals surface area (Å²) in [6.07, 6.45) is -0.250. The van der Waals surface area contributed by atoms with Crippen molar-refractivity contribution in [2.75, 3.05) is 5.32 Å². The molecule has 70 valence electrons. The van der Waals surface area contributed by atoms with E-state index >= 15 is 0 Å². The molecule has 0 amide bonds. The van der Waals surface area contributed by atoms with Crippen molar-refractivity contribution in [1.29, 1.82) is 0 Å². The Kier molecular flexibility index (Phi) is 1.78. The summed E-state index contributed by atoms with van der Waals surface area (Å²) in [6, 6.07) is 6.84. The van der Waals surface area contributed by atoms with E-state index in [0.717, 1.165) is 0 Å². The molecule has 4 nitrogen and oxygen atoms in total. The van der Waals surface area contributed by atoms with E-state index in [1.807, 2.05) is 0 Å². The number of hydrogen-bond acceptors (Lipinski definition) is 3. The van der Waals surface area contributed by atoms with Crippen molar-refractivity contribution in [1.82, 2.24) is 4.72 Å². The molecule has 0 radical (unpaired) electrons. The number of para-hydroxylation sites is 1. The molecule has 1 aliphatic heterocycles. The predicted octanol–water partition coefficient (Wildman–Crippen LogP) is 0.736. The number of anilines is 1. The van der Waals surface area contributed by atoms with Gasteiger partial charge in [0.1, 0.15) is 4.90 Å². The Labute approximate surface area is 77.0 Å². The lowest BCUT2D eigenvalue weighted by molar-refractivity contribution is 0.565. The number of fused-ring (bicyclic) bond motifs is 1. The third-order valence-electron chi connectivity index (χ3n) is 1.88. The fourth-order valence-corrected chi connectivity index (χ4v) is 2.70. The van der Waals surface area contributed by atoms with Gasteiger partial charge in [-0.05, 0) is 19.1 Å². The van der Waals surface area contributed by atoms with Crippen molar-refractivity contribution in [3.05, 3.63) is 24.3 Å². The molecule has 0 bridgehead atoms. The van der Waals surface area contributed by atoms with Gasteiger partial charge in [-0.3, -0.25) is 0 Å². The zero-order chi connectivity index (χ0) is 9.47. The van der Waals surface area contributed by atoms with Crippen LogP contribution in [0.5, 0.6) is 0 Å². The standard InChI is InChI=1S/C8H10N2O2S/c1-6-9-7-4-2-3-5-8(7)13(11,12)10-6/h2-6,9-10H,1H3. The summed E-state index contributed by atoms with van der Waals surface area (Å²) in [4.78, 5) is 0.313. The second-order valence-electron chi connectivity index (χ2n) is 2.98. The van der Waals surface area contributed by atoms with Crippen LogP contribution >= 0.6 is 0 Å². The van der Waals surface area contributed by atoms with Gasteiger partial charge in [-0.1, -0.05) is 12.1 Å². The molecule has 1 aliphatic rings. The first-order valence-electron chi connectivity index (χ1n) is 3.97. The van der Waals surface area contributed by atoms with Crippen LogP contribution in [-0.4, -0.2) is 14.6 Å². The van der Waals surface area contributed by atoms with Crippen LogP contribution in [0.15, 0.2) is 29.2 Å². The van der Waals surface area contributed by atoms with Gasteiger partial charge < -0.3 is 5.32 Å². The van der Waals surface area contributed by atoms with E-state index in [1.54, 1.807) is 31.2 Å². The van der Waals surface area contributed by atoms with E-state index in [4.69, 9.17) is 0 Å². The van der Waals surface area contributed by atoms with Crippen LogP contribution in [0.4, 0.5) is 5.69 Å². The van der Waals surface area contributed by atoms with Crippen LogP contribution in [-0.2, 0) is 10.0 Å². The molecule has 0 saturated carbocycles. The van der Waals surface area contributed by atoms with Crippen molar-refractivity contribution < 1.29 is 8.42 Å². The summed E-state index contributed by atoms with van der Waals surface area (Å²) < 4.78 is 25.5. The second kappa shape index (κ2) is 2.71. The first-order valence-corrected chi connectivity index (χ1v) is 5.46. The van der Waals surface area contributed by atoms with Gasteiger partial charge in [0.25, 0.3) is 0 Å². The van der Waals surface area contributed by atoms with Gasteiger partial charge in [-0.25, -0.2) is 8.42 Å². The highest BCUT2D eigenvalue weighted by Gasteiger charge is 2.25. The number of sulfonamides is 1. The predicted molar refractivity (Wildman–Crippen MR) is 49.8 cm³/mol. The monoisotopic (exact) mass is 198 g/mol. The highest BCUT2D eigenvalue weighted by atomic mass is 32.2. The summed E-state index contributed by atoms with van der Waals surface area (Å²) in [7, 11) is -3.30. The molecule has 5 heteroatoms. The fraction of sp³-hybridized carbons (Fsp3) is 0.250. The normalized spacial score (nSPS) is 24.5. The molecule has 1 heterocycles. The molecule has 13 heavy (non-hydrogen) atoms. The molecule has 1 aromatic carbocycles. The van der Waals surface area contributed by atoms with Gasteiger partial charge in [0.2, 0.25) is 10.0 Å². The first-order chi connectivity index (χ1) is 6.09. The minimum absolute atomic E-state index is 0.250. The van der Waals surface area contributed by atoms with Crippen LogP contribution < -0.4 is 10.0 Å². The molecule has 1 aromatic rings. The van der Waals surface area contributed by atoms with Crippen molar-refractivity contribution in [3.63, 3.8) is 0 Å². The summed E-state index contributed by atoms with van der Waals surface area (Å²) in [5, 5.41) is 3.03. The van der Waals surface area contributed by atoms with Gasteiger partial charge in [0, 0.05) is 0 Å². The Hall–Kier alpha value is -1.07. The van der Waals surface area contributed by atoms with Crippen molar-refractivity contribution >= 4 is 15.7 Å². The Balaban J connectivity index is 2.63. The van der Waals surface area contributed by atoms with Crippen LogP contribution in [0.1, 0.15) is 6.92 Å². The smallest absolute Gasteiger partial charge is 0.244 e. The third-order valence-corrected chi connectivity index (χ3v) is 3.48. The van der Waals surface area contributed by atoms with Crippen molar-refractivity contribution in [3.8, 4) is 0 Å². The van der Waals surface area contributed by atoms with Crippen LogP contribution in [0.25, 0.3) is 0 Å². The van der Waals surface area contributed by atoms with E-state index in [1.165, 1.54) is 0 Å². The van der Waals surface area contributed by atoms with Crippen LogP contribution in [0.2, 0.25) is 0 Å². The largest absolute Gasteiger partial charge is 0.368 e. The molecule has 0 aliphatic carbocycles. The molecule has 1 unspecified atom stereocenters. The highest BCUT2D eigenvalue weighted by Crippen LogP contribution is 2.24. The maximum Gasteiger partial charge on any atom is 0.244 e. The second-order valence-corrected chi connectivity index (χ2v) is 4.67. The molecule has 0 fully saturated rings. The maximum atomic E-state index is 11.5. The van der Waals surface area contributed by atoms with Gasteiger partial charge in [-0.2, -0.15) is 4.72 Å². The van der Waals surface area contributed by atoms with Gasteiger partial charge in [0.05, 0.1) is 11.9 Å². The zero-order valence-corrected chi connectivity index (χ0v) is 7.93. The van der Waals surface area contributed by atoms with Gasteiger partial charge >= 0.3 is 0 Å². The fourth-order valence-electron chi connectivity index (χ4n) is 1.38. The zero-order valence-electron chi connectivity index (χ0n) is 7.11. The average Bonchev–Trinajstić information content (AvgIpc) is 2.02. The summed E-state index contributed by atoms with van der Waals surface area (Å²) >= 11 is 0. The quantitative estimate of drug-likeness (QED) is 0.646. The summed E-state index contributed by atoms with van der Waals surface area (Å²) in [5.41, 5.74) is 0.661. The lowest BCUT2D eigenvalue weighted by Crippen LogP contribution is -2.42. The summed E-state index contributed by atoms with van der Waals surface area (Å²) in [5.74, 6) is 0. The maximum absolute atomic E-state index is 11.5. The van der Waals surface area contributed by atoms with E-state index in [9.17, 15) is 8.42 Å². The van der Waals surface area contributed by atoms with E-state index in [-0.39, 0.29) is 6.17 Å². The van der Waals surface area contributed by atoms with Gasteiger partial charge in [-0.15, -0.1) is 0 Å². The molecule has 2 N–H and O–H groups in total. The number of benzene rings is 1. The first kappa shape index (κ1) is 8.52. The minimum Gasteiger partial charge on any atom is -0.368 e. The van der Waals surface area contributed by atoms with Crippen molar-refractivity contribution in [2.24, 2.45) is 0 Å². The Morgan fingerprint density at radius 3 is 2.77 bits per heavy atom. The minimum atomic E-state index is -3.30. The molecule has 0 saturated heterocycles. The average molecular weight is 198 g/mol. The topological polar surface area (TPSA) is 58.2 Å². The van der Waals surface area contributed by atoms with E-state index < -0.39 is 10.0 Å². The SMILES string of the molecule is CC1Nc2ccccc2S(=O)(=O)N1. The molecule has 2 rings (SSSR count). The molecule has 0 aromatic heterocycles. The highest BCUT2D eigenvalue weighted by molar-refractivity contribution is 7.89. The lowest BCUT2D eigenvalue weighted by Gasteiger charge is -2.24. The number of rotatable bonds is 0. The van der Waals surface area contributed by atoms with Crippen molar-refractivity contribution in [2.45, 2.75) is 18.0 Å². The molecular weight excluding hydrogens is 188 g/mol. The lowest BCUT2D eigenvalue weighted by atomic mass is 10.3. The van der Waals surface area contributed by atoms with Crippen LogP contribution in [0.3, 0.4) is 0 Å².